The van der Waals surface area contributed by atoms with Gasteiger partial charge in [0.05, 0.1) is 18.8 Å². The van der Waals surface area contributed by atoms with Gasteiger partial charge in [0.2, 0.25) is 0 Å². The van der Waals surface area contributed by atoms with Crippen molar-refractivity contribution in [1.29, 1.82) is 0 Å². The highest BCUT2D eigenvalue weighted by atomic mass is 19.1. The number of anilines is 1. The van der Waals surface area contributed by atoms with Crippen LogP contribution in [0.3, 0.4) is 0 Å². The third-order valence-corrected chi connectivity index (χ3v) is 4.91. The van der Waals surface area contributed by atoms with Gasteiger partial charge in [0.15, 0.2) is 0 Å². The second-order valence-corrected chi connectivity index (χ2v) is 6.73. The lowest BCUT2D eigenvalue weighted by Crippen LogP contribution is -2.60. The highest BCUT2D eigenvalue weighted by Gasteiger charge is 2.43. The summed E-state index contributed by atoms with van der Waals surface area (Å²) >= 11 is 0. The van der Waals surface area contributed by atoms with Crippen molar-refractivity contribution in [2.24, 2.45) is 0 Å². The average Bonchev–Trinajstić information content (AvgIpc) is 3.15. The van der Waals surface area contributed by atoms with Gasteiger partial charge in [-0.15, -0.1) is 0 Å². The summed E-state index contributed by atoms with van der Waals surface area (Å²) in [5, 5.41) is 15.1. The Balaban J connectivity index is 1.51. The van der Waals surface area contributed by atoms with E-state index in [1.807, 2.05) is 41.3 Å². The smallest absolute Gasteiger partial charge is 0.254 e. The molecule has 134 valence electrons. The topological polar surface area (TPSA) is 66.5 Å². The van der Waals surface area contributed by atoms with E-state index in [1.165, 1.54) is 18.5 Å². The molecular weight excluding hydrogens is 345 g/mol. The van der Waals surface area contributed by atoms with Crippen molar-refractivity contribution < 1.29 is 9.50 Å². The van der Waals surface area contributed by atoms with Crippen LogP contribution in [0.4, 0.5) is 10.2 Å². The Morgan fingerprint density at radius 2 is 1.74 bits per heavy atom. The van der Waals surface area contributed by atoms with E-state index in [9.17, 15) is 9.50 Å². The fourth-order valence-electron chi connectivity index (χ4n) is 3.47. The Bertz CT molecular complexity index is 1100. The molecule has 0 saturated carbocycles. The molecule has 1 aliphatic heterocycles. The Morgan fingerprint density at radius 3 is 2.48 bits per heavy atom. The van der Waals surface area contributed by atoms with Gasteiger partial charge in [-0.1, -0.05) is 42.5 Å². The summed E-state index contributed by atoms with van der Waals surface area (Å²) in [6, 6.07) is 17.8. The number of aromatic nitrogens is 4. The third kappa shape index (κ3) is 2.63. The van der Waals surface area contributed by atoms with Crippen LogP contribution in [0.25, 0.3) is 17.0 Å². The number of fused-ring (bicyclic) bond motifs is 1. The highest BCUT2D eigenvalue weighted by molar-refractivity contribution is 5.66. The van der Waals surface area contributed by atoms with Crippen molar-refractivity contribution in [3.63, 3.8) is 0 Å². The number of hydrogen-bond acceptors (Lipinski definition) is 5. The number of β-amino-alcohol motifs (C(OH)–C–C–N with tert-alkyl or cyclic N) is 1. The molecule has 0 aliphatic carbocycles. The van der Waals surface area contributed by atoms with Crippen molar-refractivity contribution >= 4 is 11.6 Å². The molecule has 1 saturated heterocycles. The zero-order valence-electron chi connectivity index (χ0n) is 14.3. The van der Waals surface area contributed by atoms with Gasteiger partial charge in [-0.05, 0) is 17.7 Å². The molecule has 0 unspecified atom stereocenters. The van der Waals surface area contributed by atoms with E-state index in [2.05, 4.69) is 15.1 Å². The first-order valence-electron chi connectivity index (χ1n) is 8.62. The molecule has 4 aromatic rings. The number of hydrogen-bond donors (Lipinski definition) is 1. The minimum atomic E-state index is -1.02. The van der Waals surface area contributed by atoms with E-state index >= 15 is 0 Å². The second kappa shape index (κ2) is 5.85. The summed E-state index contributed by atoms with van der Waals surface area (Å²) in [5.74, 6) is 0.996. The summed E-state index contributed by atoms with van der Waals surface area (Å²) in [6.45, 7) is 0.762. The molecule has 2 aromatic heterocycles. The van der Waals surface area contributed by atoms with Crippen LogP contribution in [0.2, 0.25) is 0 Å². The maximum absolute atomic E-state index is 13.2. The van der Waals surface area contributed by atoms with Crippen LogP contribution in [0, 0.1) is 5.82 Å². The van der Waals surface area contributed by atoms with Crippen molar-refractivity contribution in [2.45, 2.75) is 5.60 Å². The van der Waals surface area contributed by atoms with Crippen LogP contribution in [-0.2, 0) is 5.60 Å². The van der Waals surface area contributed by atoms with Crippen LogP contribution in [0.15, 0.2) is 67.0 Å². The Hall–Kier alpha value is -3.32. The van der Waals surface area contributed by atoms with Gasteiger partial charge in [0.25, 0.3) is 5.78 Å². The fraction of sp³-hybridized carbons (Fsp3) is 0.150. The van der Waals surface area contributed by atoms with Crippen LogP contribution in [-0.4, -0.2) is 37.8 Å². The number of nitrogens with zero attached hydrogens (tertiary/aromatic N) is 5. The number of rotatable bonds is 3. The van der Waals surface area contributed by atoms with E-state index in [0.717, 1.165) is 17.1 Å². The molecule has 3 heterocycles. The van der Waals surface area contributed by atoms with Gasteiger partial charge >= 0.3 is 0 Å². The van der Waals surface area contributed by atoms with Crippen molar-refractivity contribution in [3.8, 4) is 11.3 Å². The van der Waals surface area contributed by atoms with Crippen LogP contribution in [0.5, 0.6) is 0 Å². The highest BCUT2D eigenvalue weighted by Crippen LogP contribution is 2.36. The summed E-state index contributed by atoms with van der Waals surface area (Å²) in [6.07, 6.45) is 1.46. The lowest BCUT2D eigenvalue weighted by Gasteiger charge is -2.47. The Labute approximate surface area is 154 Å². The van der Waals surface area contributed by atoms with Crippen LogP contribution >= 0.6 is 0 Å². The van der Waals surface area contributed by atoms with Gasteiger partial charge < -0.3 is 10.0 Å². The summed E-state index contributed by atoms with van der Waals surface area (Å²) in [7, 11) is 0. The van der Waals surface area contributed by atoms with Crippen molar-refractivity contribution in [2.75, 3.05) is 18.0 Å². The fourth-order valence-corrected chi connectivity index (χ4v) is 3.47. The van der Waals surface area contributed by atoms with Gasteiger partial charge in [0, 0.05) is 11.6 Å². The van der Waals surface area contributed by atoms with Gasteiger partial charge in [-0.2, -0.15) is 14.6 Å². The monoisotopic (exact) mass is 361 g/mol. The first-order valence-corrected chi connectivity index (χ1v) is 8.62. The summed E-state index contributed by atoms with van der Waals surface area (Å²) < 4.78 is 14.8. The predicted molar refractivity (Wildman–Crippen MR) is 98.7 cm³/mol. The zero-order valence-corrected chi connectivity index (χ0v) is 14.3. The molecule has 5 rings (SSSR count). The lowest BCUT2D eigenvalue weighted by atomic mass is 9.86. The quantitative estimate of drug-likeness (QED) is 0.608. The second-order valence-electron chi connectivity index (χ2n) is 6.73. The van der Waals surface area contributed by atoms with Gasteiger partial charge in [0.1, 0.15) is 23.6 Å². The average molecular weight is 361 g/mol. The molecule has 0 spiro atoms. The van der Waals surface area contributed by atoms with Crippen LogP contribution in [0.1, 0.15) is 5.56 Å². The molecule has 27 heavy (non-hydrogen) atoms. The van der Waals surface area contributed by atoms with E-state index in [1.54, 1.807) is 16.6 Å². The molecule has 6 nitrogen and oxygen atoms in total. The largest absolute Gasteiger partial charge is 0.381 e. The van der Waals surface area contributed by atoms with Crippen molar-refractivity contribution in [1.82, 2.24) is 19.6 Å². The van der Waals surface area contributed by atoms with Crippen LogP contribution < -0.4 is 4.90 Å². The van der Waals surface area contributed by atoms with E-state index in [0.29, 0.717) is 24.4 Å². The zero-order chi connectivity index (χ0) is 18.4. The van der Waals surface area contributed by atoms with E-state index in [4.69, 9.17) is 0 Å². The minimum Gasteiger partial charge on any atom is -0.381 e. The molecule has 0 radical (unpaired) electrons. The molecule has 0 bridgehead atoms. The van der Waals surface area contributed by atoms with Crippen molar-refractivity contribution in [3.05, 3.63) is 78.4 Å². The molecule has 7 heteroatoms. The predicted octanol–water partition coefficient (Wildman–Crippen LogP) is 2.64. The van der Waals surface area contributed by atoms with E-state index < -0.39 is 5.60 Å². The van der Waals surface area contributed by atoms with Gasteiger partial charge in [-0.25, -0.2) is 9.37 Å². The molecule has 2 aromatic carbocycles. The lowest BCUT2D eigenvalue weighted by molar-refractivity contribution is 0.00677. The SMILES string of the molecule is OC1(c2ccc(F)cc2)CN(c2cc(-c3ccccc3)nc3ncnn23)C1. The van der Waals surface area contributed by atoms with E-state index in [-0.39, 0.29) is 5.82 Å². The first-order chi connectivity index (χ1) is 13.1. The van der Waals surface area contributed by atoms with Gasteiger partial charge in [-0.3, -0.25) is 0 Å². The molecule has 1 fully saturated rings. The number of halogens is 1. The standard InChI is InChI=1S/C20H16FN5O/c21-16-8-6-15(7-9-16)20(27)11-25(12-20)18-10-17(14-4-2-1-3-5-14)24-19-22-13-23-26(18)19/h1-10,13,27H,11-12H2. The molecular formula is C20H16FN5O. The minimum absolute atomic E-state index is 0.315. The molecule has 0 amide bonds. The molecule has 0 atom stereocenters. The number of benzene rings is 2. The normalized spacial score (nSPS) is 15.7. The molecule has 1 aliphatic rings. The Morgan fingerprint density at radius 1 is 1.00 bits per heavy atom. The maximum Gasteiger partial charge on any atom is 0.254 e. The summed E-state index contributed by atoms with van der Waals surface area (Å²) in [5.41, 5.74) is 1.46. The molecule has 1 N–H and O–H groups in total. The Kier molecular flexibility index (Phi) is 3.45. The first kappa shape index (κ1) is 15.9. The summed E-state index contributed by atoms with van der Waals surface area (Å²) in [4.78, 5) is 10.8. The third-order valence-electron chi connectivity index (χ3n) is 4.91. The number of aliphatic hydroxyl groups is 1. The maximum atomic E-state index is 13.2.